The quantitative estimate of drug-likeness (QED) is 0.897. The zero-order valence-corrected chi connectivity index (χ0v) is 12.5. The van der Waals surface area contributed by atoms with Crippen molar-refractivity contribution >= 4 is 15.9 Å². The third kappa shape index (κ3) is 3.12. The minimum atomic E-state index is -0.720. The number of rotatable bonds is 4. The highest BCUT2D eigenvalue weighted by molar-refractivity contribution is 9.10. The monoisotopic (exact) mass is 313 g/mol. The van der Waals surface area contributed by atoms with Gasteiger partial charge in [0.25, 0.3) is 0 Å². The predicted molar refractivity (Wildman–Crippen MR) is 75.6 cm³/mol. The Morgan fingerprint density at radius 3 is 2.94 bits per heavy atom. The highest BCUT2D eigenvalue weighted by atomic mass is 79.9. The molecule has 1 fully saturated rings. The normalized spacial score (nSPS) is 27.7. The van der Waals surface area contributed by atoms with E-state index >= 15 is 0 Å². The fraction of sp³-hybridized carbons (Fsp3) is 0.571. The number of nitrogens with one attached hydrogen (secondary N) is 1. The van der Waals surface area contributed by atoms with E-state index in [1.54, 1.807) is 0 Å². The molecule has 2 rings (SSSR count). The molecule has 1 aliphatic heterocycles. The van der Waals surface area contributed by atoms with Gasteiger partial charge in [-0.15, -0.1) is 0 Å². The van der Waals surface area contributed by atoms with Gasteiger partial charge in [0.2, 0.25) is 0 Å². The zero-order chi connectivity index (χ0) is 13.2. The maximum atomic E-state index is 10.3. The molecule has 0 bridgehead atoms. The lowest BCUT2D eigenvalue weighted by Gasteiger charge is -2.26. The first-order chi connectivity index (χ1) is 8.51. The average Bonchev–Trinajstić information content (AvgIpc) is 2.65. The van der Waals surface area contributed by atoms with Crippen LogP contribution in [0.25, 0.3) is 0 Å². The van der Waals surface area contributed by atoms with Crippen LogP contribution in [0.3, 0.4) is 0 Å². The molecule has 0 aromatic heterocycles. The van der Waals surface area contributed by atoms with Crippen LogP contribution in [0.1, 0.15) is 24.5 Å². The standard InChI is InChI=1S/C14H20BrNO2/c1-10-3-4-12(7-13(10)15)8-16-9-14(17)5-6-18-11(14)2/h3-4,7,11,16-17H,5-6,8-9H2,1-2H3. The van der Waals surface area contributed by atoms with Crippen LogP contribution in [0.2, 0.25) is 0 Å². The van der Waals surface area contributed by atoms with Crippen LogP contribution in [-0.2, 0) is 11.3 Å². The molecule has 1 aromatic carbocycles. The van der Waals surface area contributed by atoms with Crippen LogP contribution < -0.4 is 5.32 Å². The molecule has 0 saturated carbocycles. The number of ether oxygens (including phenoxy) is 1. The third-order valence-electron chi connectivity index (χ3n) is 3.66. The molecule has 2 N–H and O–H groups in total. The van der Waals surface area contributed by atoms with Gasteiger partial charge in [-0.25, -0.2) is 0 Å². The Balaban J connectivity index is 1.86. The van der Waals surface area contributed by atoms with E-state index in [1.165, 1.54) is 11.1 Å². The van der Waals surface area contributed by atoms with Gasteiger partial charge in [-0.1, -0.05) is 28.1 Å². The van der Waals surface area contributed by atoms with Gasteiger partial charge in [-0.2, -0.15) is 0 Å². The second kappa shape index (κ2) is 5.70. The van der Waals surface area contributed by atoms with E-state index in [0.717, 1.165) is 11.0 Å². The second-order valence-corrected chi connectivity index (χ2v) is 5.91. The van der Waals surface area contributed by atoms with Gasteiger partial charge in [-0.05, 0) is 31.0 Å². The van der Waals surface area contributed by atoms with Crippen LogP contribution >= 0.6 is 15.9 Å². The molecule has 3 nitrogen and oxygen atoms in total. The number of hydrogen-bond acceptors (Lipinski definition) is 3. The van der Waals surface area contributed by atoms with E-state index in [1.807, 2.05) is 6.92 Å². The first-order valence-corrected chi connectivity index (χ1v) is 7.10. The summed E-state index contributed by atoms with van der Waals surface area (Å²) in [6.07, 6.45) is 0.619. The molecule has 1 heterocycles. The van der Waals surface area contributed by atoms with E-state index in [4.69, 9.17) is 4.74 Å². The number of benzene rings is 1. The molecule has 0 amide bonds. The highest BCUT2D eigenvalue weighted by Crippen LogP contribution is 2.25. The summed E-state index contributed by atoms with van der Waals surface area (Å²) in [4.78, 5) is 0. The first-order valence-electron chi connectivity index (χ1n) is 6.31. The van der Waals surface area contributed by atoms with Gasteiger partial charge >= 0.3 is 0 Å². The van der Waals surface area contributed by atoms with Gasteiger partial charge in [0, 0.05) is 30.6 Å². The summed E-state index contributed by atoms with van der Waals surface area (Å²) in [5.74, 6) is 0. The minimum absolute atomic E-state index is 0.0882. The molecule has 2 unspecified atom stereocenters. The molecule has 100 valence electrons. The van der Waals surface area contributed by atoms with Crippen molar-refractivity contribution in [2.45, 2.75) is 38.5 Å². The van der Waals surface area contributed by atoms with Crippen molar-refractivity contribution in [2.24, 2.45) is 0 Å². The topological polar surface area (TPSA) is 41.5 Å². The molecular weight excluding hydrogens is 294 g/mol. The Morgan fingerprint density at radius 2 is 2.33 bits per heavy atom. The fourth-order valence-corrected chi connectivity index (χ4v) is 2.60. The molecule has 2 atom stereocenters. The highest BCUT2D eigenvalue weighted by Gasteiger charge is 2.38. The van der Waals surface area contributed by atoms with E-state index in [-0.39, 0.29) is 6.10 Å². The molecule has 4 heteroatoms. The number of aliphatic hydroxyl groups is 1. The molecule has 18 heavy (non-hydrogen) atoms. The lowest BCUT2D eigenvalue weighted by atomic mass is 9.96. The van der Waals surface area contributed by atoms with Crippen LogP contribution in [0.4, 0.5) is 0 Å². The molecule has 0 radical (unpaired) electrons. The summed E-state index contributed by atoms with van der Waals surface area (Å²) < 4.78 is 6.53. The van der Waals surface area contributed by atoms with Crippen LogP contribution in [0.15, 0.2) is 22.7 Å². The Hall–Kier alpha value is -0.420. The molecule has 1 aliphatic rings. The van der Waals surface area contributed by atoms with Crippen LogP contribution in [0, 0.1) is 6.92 Å². The van der Waals surface area contributed by atoms with E-state index in [0.29, 0.717) is 19.6 Å². The van der Waals surface area contributed by atoms with Crippen molar-refractivity contribution in [3.05, 3.63) is 33.8 Å². The van der Waals surface area contributed by atoms with E-state index < -0.39 is 5.60 Å². The number of halogens is 1. The maximum absolute atomic E-state index is 10.3. The summed E-state index contributed by atoms with van der Waals surface area (Å²) in [6, 6.07) is 6.31. The number of hydrogen-bond donors (Lipinski definition) is 2. The minimum Gasteiger partial charge on any atom is -0.386 e. The third-order valence-corrected chi connectivity index (χ3v) is 4.51. The van der Waals surface area contributed by atoms with Crippen molar-refractivity contribution in [3.63, 3.8) is 0 Å². The summed E-state index contributed by atoms with van der Waals surface area (Å²) in [7, 11) is 0. The number of aryl methyl sites for hydroxylation is 1. The molecule has 1 saturated heterocycles. The van der Waals surface area contributed by atoms with Crippen molar-refractivity contribution in [3.8, 4) is 0 Å². The lowest BCUT2D eigenvalue weighted by Crippen LogP contribution is -2.45. The fourth-order valence-electron chi connectivity index (χ4n) is 2.17. The van der Waals surface area contributed by atoms with Gasteiger partial charge in [0.1, 0.15) is 5.60 Å². The first kappa shape index (κ1) is 14.0. The summed E-state index contributed by atoms with van der Waals surface area (Å²) >= 11 is 3.53. The van der Waals surface area contributed by atoms with E-state index in [9.17, 15) is 5.11 Å². The maximum Gasteiger partial charge on any atom is 0.105 e. The van der Waals surface area contributed by atoms with Crippen LogP contribution in [0.5, 0.6) is 0 Å². The van der Waals surface area contributed by atoms with Crippen molar-refractivity contribution in [2.75, 3.05) is 13.2 Å². The predicted octanol–water partition coefficient (Wildman–Crippen LogP) is 2.39. The smallest absolute Gasteiger partial charge is 0.105 e. The van der Waals surface area contributed by atoms with Crippen molar-refractivity contribution in [1.29, 1.82) is 0 Å². The van der Waals surface area contributed by atoms with Crippen LogP contribution in [-0.4, -0.2) is 30.0 Å². The summed E-state index contributed by atoms with van der Waals surface area (Å²) in [5, 5.41) is 13.7. The Kier molecular flexibility index (Phi) is 4.43. The molecule has 0 aliphatic carbocycles. The summed E-state index contributed by atoms with van der Waals surface area (Å²) in [6.45, 7) is 5.97. The zero-order valence-electron chi connectivity index (χ0n) is 10.9. The average molecular weight is 314 g/mol. The van der Waals surface area contributed by atoms with Gasteiger partial charge in [0.05, 0.1) is 6.10 Å². The SMILES string of the molecule is Cc1ccc(CNCC2(O)CCOC2C)cc1Br. The van der Waals surface area contributed by atoms with Crippen molar-refractivity contribution < 1.29 is 9.84 Å². The molecule has 1 aromatic rings. The lowest BCUT2D eigenvalue weighted by molar-refractivity contribution is -0.0262. The Bertz CT molecular complexity index is 424. The molecule has 0 spiro atoms. The Morgan fingerprint density at radius 1 is 1.56 bits per heavy atom. The Labute approximate surface area is 117 Å². The van der Waals surface area contributed by atoms with Crippen molar-refractivity contribution in [1.82, 2.24) is 5.32 Å². The summed E-state index contributed by atoms with van der Waals surface area (Å²) in [5.41, 5.74) is 1.72. The van der Waals surface area contributed by atoms with E-state index in [2.05, 4.69) is 46.4 Å². The second-order valence-electron chi connectivity index (χ2n) is 5.05. The van der Waals surface area contributed by atoms with Gasteiger partial charge < -0.3 is 15.2 Å². The van der Waals surface area contributed by atoms with Gasteiger partial charge in [0.15, 0.2) is 0 Å². The van der Waals surface area contributed by atoms with Gasteiger partial charge in [-0.3, -0.25) is 0 Å². The molecular formula is C14H20BrNO2. The largest absolute Gasteiger partial charge is 0.386 e.